The van der Waals surface area contributed by atoms with Crippen molar-refractivity contribution in [2.24, 2.45) is 0 Å². The summed E-state index contributed by atoms with van der Waals surface area (Å²) in [4.78, 5) is 13.6. The first-order valence-electron chi connectivity index (χ1n) is 8.51. The lowest BCUT2D eigenvalue weighted by molar-refractivity contribution is 0.200. The highest BCUT2D eigenvalue weighted by Gasteiger charge is 2.23. The molecule has 1 fully saturated rings. The van der Waals surface area contributed by atoms with Gasteiger partial charge in [0, 0.05) is 31.9 Å². The molecule has 0 N–H and O–H groups in total. The fourth-order valence-corrected chi connectivity index (χ4v) is 3.65. The van der Waals surface area contributed by atoms with Crippen molar-refractivity contribution in [1.29, 1.82) is 5.26 Å². The van der Waals surface area contributed by atoms with Crippen molar-refractivity contribution in [3.05, 3.63) is 47.7 Å². The van der Waals surface area contributed by atoms with Gasteiger partial charge < -0.3 is 4.90 Å². The molecule has 0 saturated carbocycles. The number of benzene rings is 1. The Morgan fingerprint density at radius 1 is 1.32 bits per heavy atom. The number of nitriles is 1. The Hall–Kier alpha value is -2.10. The second-order valence-electron chi connectivity index (χ2n) is 6.35. The summed E-state index contributed by atoms with van der Waals surface area (Å²) in [6, 6.07) is 12.7. The number of thioether (sulfide) groups is 1. The van der Waals surface area contributed by atoms with E-state index in [-0.39, 0.29) is 0 Å². The average molecular weight is 353 g/mol. The lowest BCUT2D eigenvalue weighted by atomic mass is 10.0. The van der Waals surface area contributed by atoms with E-state index in [4.69, 9.17) is 5.26 Å². The van der Waals surface area contributed by atoms with Crippen molar-refractivity contribution in [2.75, 3.05) is 31.3 Å². The molecule has 2 heterocycles. The summed E-state index contributed by atoms with van der Waals surface area (Å²) in [6.07, 6.45) is 6.08. The molecule has 0 atom stereocenters. The van der Waals surface area contributed by atoms with E-state index in [1.807, 2.05) is 36.7 Å². The highest BCUT2D eigenvalue weighted by Crippen LogP contribution is 2.22. The first kappa shape index (κ1) is 17.7. The van der Waals surface area contributed by atoms with E-state index in [0.717, 1.165) is 49.0 Å². The summed E-state index contributed by atoms with van der Waals surface area (Å²) in [5.41, 5.74) is 1.93. The molecule has 3 rings (SSSR count). The van der Waals surface area contributed by atoms with Crippen LogP contribution in [-0.4, -0.2) is 47.3 Å². The molecule has 0 spiro atoms. The van der Waals surface area contributed by atoms with Crippen LogP contribution in [0.25, 0.3) is 0 Å². The highest BCUT2D eigenvalue weighted by atomic mass is 32.2. The van der Waals surface area contributed by atoms with Crippen LogP contribution in [0, 0.1) is 11.3 Å². The van der Waals surface area contributed by atoms with Gasteiger partial charge in [-0.05, 0) is 49.9 Å². The lowest BCUT2D eigenvalue weighted by Crippen LogP contribution is -2.43. The zero-order valence-corrected chi connectivity index (χ0v) is 15.5. The minimum absolute atomic E-state index is 0.559. The zero-order chi connectivity index (χ0) is 17.6. The average Bonchev–Trinajstić information content (AvgIpc) is 2.68. The normalized spacial score (nSPS) is 15.4. The highest BCUT2D eigenvalue weighted by molar-refractivity contribution is 7.98. The molecule has 1 aromatic heterocycles. The fourth-order valence-electron chi connectivity index (χ4n) is 3.30. The molecule has 2 aromatic rings. The van der Waals surface area contributed by atoms with E-state index in [9.17, 15) is 0 Å². The number of anilines is 1. The van der Waals surface area contributed by atoms with Crippen LogP contribution < -0.4 is 4.90 Å². The summed E-state index contributed by atoms with van der Waals surface area (Å²) >= 11 is 1.58. The Morgan fingerprint density at radius 3 is 2.84 bits per heavy atom. The first-order valence-corrected chi connectivity index (χ1v) is 9.73. The molecule has 1 saturated heterocycles. The maximum Gasteiger partial charge on any atom is 0.189 e. The topological polar surface area (TPSA) is 56.1 Å². The number of nitrogens with zero attached hydrogens (tertiary/aromatic N) is 5. The van der Waals surface area contributed by atoms with E-state index in [1.165, 1.54) is 5.56 Å². The van der Waals surface area contributed by atoms with Crippen molar-refractivity contribution >= 4 is 17.6 Å². The van der Waals surface area contributed by atoms with E-state index < -0.39 is 0 Å². The van der Waals surface area contributed by atoms with Crippen molar-refractivity contribution in [3.8, 4) is 6.07 Å². The first-order chi connectivity index (χ1) is 12.2. The van der Waals surface area contributed by atoms with Gasteiger partial charge in [0.1, 0.15) is 5.82 Å². The van der Waals surface area contributed by atoms with Crippen LogP contribution >= 0.6 is 11.8 Å². The standard InChI is InChI=1S/C19H23N5S/c1-23(14-16-5-3-4-15(12-16)13-20)17-7-10-24(11-8-17)18-6-9-21-19(22-18)25-2/h3-6,9,12,17H,7-8,10-11,14H2,1-2H3. The van der Waals surface area contributed by atoms with Gasteiger partial charge in [0.15, 0.2) is 5.16 Å². The third-order valence-corrected chi connectivity index (χ3v) is 5.26. The Balaban J connectivity index is 1.57. The van der Waals surface area contributed by atoms with Gasteiger partial charge >= 0.3 is 0 Å². The summed E-state index contributed by atoms with van der Waals surface area (Å²) in [7, 11) is 2.18. The van der Waals surface area contributed by atoms with Gasteiger partial charge in [0.25, 0.3) is 0 Å². The number of hydrogen-bond donors (Lipinski definition) is 0. The number of aromatic nitrogens is 2. The Morgan fingerprint density at radius 2 is 2.12 bits per heavy atom. The van der Waals surface area contributed by atoms with E-state index in [1.54, 1.807) is 11.8 Å². The predicted octanol–water partition coefficient (Wildman–Crippen LogP) is 3.17. The van der Waals surface area contributed by atoms with Crippen LogP contribution in [0.2, 0.25) is 0 Å². The molecule has 0 bridgehead atoms. The minimum Gasteiger partial charge on any atom is -0.356 e. The molecule has 0 radical (unpaired) electrons. The summed E-state index contributed by atoms with van der Waals surface area (Å²) in [6.45, 7) is 2.90. The number of rotatable bonds is 5. The summed E-state index contributed by atoms with van der Waals surface area (Å²) in [5.74, 6) is 1.03. The molecule has 1 aliphatic heterocycles. The quantitative estimate of drug-likeness (QED) is 0.608. The van der Waals surface area contributed by atoms with Gasteiger partial charge in [-0.3, -0.25) is 4.90 Å². The second-order valence-corrected chi connectivity index (χ2v) is 7.12. The third kappa shape index (κ3) is 4.50. The van der Waals surface area contributed by atoms with Gasteiger partial charge in [-0.15, -0.1) is 0 Å². The Kier molecular flexibility index (Phi) is 5.90. The Bertz CT molecular complexity index is 749. The van der Waals surface area contributed by atoms with Gasteiger partial charge in [-0.2, -0.15) is 5.26 Å². The third-order valence-electron chi connectivity index (χ3n) is 4.70. The molecule has 25 heavy (non-hydrogen) atoms. The van der Waals surface area contributed by atoms with E-state index in [0.29, 0.717) is 6.04 Å². The maximum absolute atomic E-state index is 9.04. The molecular weight excluding hydrogens is 330 g/mol. The van der Waals surface area contributed by atoms with Crippen molar-refractivity contribution < 1.29 is 0 Å². The van der Waals surface area contributed by atoms with Crippen LogP contribution in [0.1, 0.15) is 24.0 Å². The largest absolute Gasteiger partial charge is 0.356 e. The van der Waals surface area contributed by atoms with Gasteiger partial charge in [0.05, 0.1) is 11.6 Å². The second kappa shape index (κ2) is 8.32. The smallest absolute Gasteiger partial charge is 0.189 e. The molecule has 130 valence electrons. The molecule has 0 unspecified atom stereocenters. The van der Waals surface area contributed by atoms with Crippen molar-refractivity contribution in [3.63, 3.8) is 0 Å². The fraction of sp³-hybridized carbons (Fsp3) is 0.421. The SMILES string of the molecule is CSc1nccc(N2CCC(N(C)Cc3cccc(C#N)c3)CC2)n1. The molecule has 1 aromatic carbocycles. The van der Waals surface area contributed by atoms with Crippen LogP contribution in [-0.2, 0) is 6.54 Å². The number of piperidine rings is 1. The van der Waals surface area contributed by atoms with Crippen molar-refractivity contribution in [1.82, 2.24) is 14.9 Å². The maximum atomic E-state index is 9.04. The Labute approximate surface area is 153 Å². The monoisotopic (exact) mass is 353 g/mol. The van der Waals surface area contributed by atoms with Crippen LogP contribution in [0.15, 0.2) is 41.7 Å². The van der Waals surface area contributed by atoms with E-state index >= 15 is 0 Å². The molecule has 5 nitrogen and oxygen atoms in total. The number of hydrogen-bond acceptors (Lipinski definition) is 6. The van der Waals surface area contributed by atoms with Crippen molar-refractivity contribution in [2.45, 2.75) is 30.6 Å². The van der Waals surface area contributed by atoms with Crippen LogP contribution in [0.5, 0.6) is 0 Å². The lowest BCUT2D eigenvalue weighted by Gasteiger charge is -2.37. The minimum atomic E-state index is 0.559. The van der Waals surface area contributed by atoms with Gasteiger partial charge in [-0.1, -0.05) is 23.9 Å². The van der Waals surface area contributed by atoms with Crippen LogP contribution in [0.4, 0.5) is 5.82 Å². The summed E-state index contributed by atoms with van der Waals surface area (Å²) < 4.78 is 0. The molecule has 0 aliphatic carbocycles. The molecule has 0 amide bonds. The van der Waals surface area contributed by atoms with Crippen LogP contribution in [0.3, 0.4) is 0 Å². The molecule has 1 aliphatic rings. The van der Waals surface area contributed by atoms with Gasteiger partial charge in [0.2, 0.25) is 0 Å². The zero-order valence-electron chi connectivity index (χ0n) is 14.7. The predicted molar refractivity (Wildman–Crippen MR) is 102 cm³/mol. The van der Waals surface area contributed by atoms with E-state index in [2.05, 4.69) is 39.0 Å². The van der Waals surface area contributed by atoms with Gasteiger partial charge in [-0.25, -0.2) is 9.97 Å². The summed E-state index contributed by atoms with van der Waals surface area (Å²) in [5, 5.41) is 9.87. The molecular formula is C19H23N5S. The molecule has 6 heteroatoms.